The van der Waals surface area contributed by atoms with Gasteiger partial charge in [0.1, 0.15) is 5.75 Å². The van der Waals surface area contributed by atoms with Crippen LogP contribution < -0.4 is 0 Å². The fourth-order valence-corrected chi connectivity index (χ4v) is 9.64. The Morgan fingerprint density at radius 1 is 0.905 bits per heavy atom. The molecule has 3 aromatic rings. The molecule has 5 aliphatic rings. The summed E-state index contributed by atoms with van der Waals surface area (Å²) in [5, 5.41) is 25.9. The topological polar surface area (TPSA) is 75.6 Å². The first-order valence-corrected chi connectivity index (χ1v) is 16.4. The predicted octanol–water partition coefficient (Wildman–Crippen LogP) is 6.56. The SMILES string of the molecule is Oc1cccc2c1[nH]c1c(C3=C[C@@]4(O)CC/C=C/CCCCN5CC[C@@H]3[C@]3(C[C@@H]6C=CCCCCN6[C@H]34)C5)nccc12. The summed E-state index contributed by atoms with van der Waals surface area (Å²) in [4.78, 5) is 14.1. The van der Waals surface area contributed by atoms with Crippen LogP contribution >= 0.6 is 0 Å². The third-order valence-electron chi connectivity index (χ3n) is 11.3. The minimum atomic E-state index is -0.951. The minimum Gasteiger partial charge on any atom is -0.506 e. The lowest BCUT2D eigenvalue weighted by Crippen LogP contribution is -2.65. The maximum atomic E-state index is 13.1. The molecule has 6 heterocycles. The van der Waals surface area contributed by atoms with Crippen molar-refractivity contribution < 1.29 is 10.2 Å². The number of hydrogen-bond donors (Lipinski definition) is 3. The molecule has 3 N–H and O–H groups in total. The zero-order chi connectivity index (χ0) is 28.3. The van der Waals surface area contributed by atoms with Crippen molar-refractivity contribution in [1.82, 2.24) is 19.8 Å². The largest absolute Gasteiger partial charge is 0.506 e. The van der Waals surface area contributed by atoms with Crippen LogP contribution in [-0.4, -0.2) is 73.8 Å². The standard InChI is InChI=1S/C36H44N4O2/c41-30-14-11-13-26-27-15-18-37-32(33(27)38-31(26)30)28-23-36(42)17-8-4-1-2-5-9-19-39-21-16-29(28)35(24-39)22-25-12-7-3-6-10-20-40(25)34(35)36/h1,4,7,11-15,18,23,25,29,34,38,41-42H,2-3,5-6,8-10,16-17,19-22,24H2/b4-1+,12-7?/t25-,29-,34+,35-,36-/m0/s1. The Morgan fingerprint density at radius 3 is 2.67 bits per heavy atom. The molecule has 2 aromatic heterocycles. The highest BCUT2D eigenvalue weighted by Gasteiger charge is 2.65. The van der Waals surface area contributed by atoms with Gasteiger partial charge in [0.2, 0.25) is 0 Å². The second kappa shape index (κ2) is 10.4. The summed E-state index contributed by atoms with van der Waals surface area (Å²) in [6, 6.07) is 8.24. The molecule has 8 rings (SSSR count). The van der Waals surface area contributed by atoms with Crippen molar-refractivity contribution in [3.8, 4) is 5.75 Å². The molecule has 3 bridgehead atoms. The fourth-order valence-electron chi connectivity index (χ4n) is 9.64. The van der Waals surface area contributed by atoms with Crippen LogP contribution in [0.15, 0.2) is 60.8 Å². The average Bonchev–Trinajstić information content (AvgIpc) is 3.50. The Labute approximate surface area is 248 Å². The number of aromatic nitrogens is 2. The molecular formula is C36H44N4O2. The Bertz CT molecular complexity index is 1590. The highest BCUT2D eigenvalue weighted by Crippen LogP contribution is 2.61. The lowest BCUT2D eigenvalue weighted by molar-refractivity contribution is -0.0894. The quantitative estimate of drug-likeness (QED) is 0.292. The van der Waals surface area contributed by atoms with Gasteiger partial charge in [0.05, 0.1) is 28.4 Å². The Kier molecular flexibility index (Phi) is 6.58. The third kappa shape index (κ3) is 4.13. The van der Waals surface area contributed by atoms with Gasteiger partial charge in [-0.1, -0.05) is 36.4 Å². The van der Waals surface area contributed by atoms with Gasteiger partial charge in [-0.15, -0.1) is 0 Å². The number of phenols is 1. The highest BCUT2D eigenvalue weighted by atomic mass is 16.3. The number of aromatic amines is 1. The van der Waals surface area contributed by atoms with Crippen LogP contribution in [0, 0.1) is 11.3 Å². The van der Waals surface area contributed by atoms with Crippen molar-refractivity contribution in [3.05, 3.63) is 66.5 Å². The van der Waals surface area contributed by atoms with Gasteiger partial charge in [-0.25, -0.2) is 0 Å². The van der Waals surface area contributed by atoms with E-state index in [0.717, 1.165) is 92.2 Å². The van der Waals surface area contributed by atoms with E-state index in [1.807, 2.05) is 12.3 Å². The van der Waals surface area contributed by atoms with Gasteiger partial charge >= 0.3 is 0 Å². The van der Waals surface area contributed by atoms with Gasteiger partial charge < -0.3 is 20.1 Å². The first-order valence-electron chi connectivity index (χ1n) is 16.4. The first kappa shape index (κ1) is 26.7. The lowest BCUT2D eigenvalue weighted by Gasteiger charge is -2.58. The molecule has 2 fully saturated rings. The second-order valence-corrected chi connectivity index (χ2v) is 13.7. The van der Waals surface area contributed by atoms with Crippen molar-refractivity contribution >= 4 is 27.4 Å². The summed E-state index contributed by atoms with van der Waals surface area (Å²) < 4.78 is 0. The number of fused-ring (bicyclic) bond motifs is 5. The fraction of sp³-hybridized carbons (Fsp3) is 0.528. The molecule has 42 heavy (non-hydrogen) atoms. The van der Waals surface area contributed by atoms with Crippen LogP contribution in [0.4, 0.5) is 0 Å². The van der Waals surface area contributed by atoms with Crippen molar-refractivity contribution in [3.63, 3.8) is 0 Å². The summed E-state index contributed by atoms with van der Waals surface area (Å²) in [5.41, 5.74) is 2.89. The maximum Gasteiger partial charge on any atom is 0.139 e. The average molecular weight is 565 g/mol. The van der Waals surface area contributed by atoms with Crippen LogP contribution in [0.2, 0.25) is 0 Å². The van der Waals surface area contributed by atoms with Crippen LogP contribution in [0.25, 0.3) is 27.4 Å². The number of para-hydroxylation sites is 1. The first-order chi connectivity index (χ1) is 20.6. The Morgan fingerprint density at radius 2 is 1.74 bits per heavy atom. The number of rotatable bonds is 1. The normalized spacial score (nSPS) is 36.3. The number of hydrogen-bond acceptors (Lipinski definition) is 5. The summed E-state index contributed by atoms with van der Waals surface area (Å²) in [6.45, 7) is 4.33. The Balaban J connectivity index is 1.35. The van der Waals surface area contributed by atoms with Gasteiger partial charge in [0.15, 0.2) is 0 Å². The van der Waals surface area contributed by atoms with E-state index in [0.29, 0.717) is 12.0 Å². The number of H-pyrrole nitrogens is 1. The van der Waals surface area contributed by atoms with E-state index in [1.165, 1.54) is 31.3 Å². The molecule has 1 spiro atoms. The molecule has 1 aliphatic carbocycles. The van der Waals surface area contributed by atoms with E-state index in [1.54, 1.807) is 6.07 Å². The summed E-state index contributed by atoms with van der Waals surface area (Å²) in [6.07, 6.45) is 24.7. The molecule has 4 aliphatic heterocycles. The summed E-state index contributed by atoms with van der Waals surface area (Å²) >= 11 is 0. The molecule has 6 heteroatoms. The van der Waals surface area contributed by atoms with Crippen LogP contribution in [0.5, 0.6) is 5.75 Å². The summed E-state index contributed by atoms with van der Waals surface area (Å²) in [7, 11) is 0. The zero-order valence-corrected chi connectivity index (χ0v) is 24.6. The predicted molar refractivity (Wildman–Crippen MR) is 169 cm³/mol. The number of piperidine rings is 1. The Hall–Kier alpha value is -2.93. The summed E-state index contributed by atoms with van der Waals surface area (Å²) in [5.74, 6) is 0.581. The molecule has 0 amide bonds. The number of allylic oxidation sites excluding steroid dienone is 4. The van der Waals surface area contributed by atoms with Crippen LogP contribution in [-0.2, 0) is 0 Å². The number of aliphatic hydroxyl groups is 1. The van der Waals surface area contributed by atoms with Gasteiger partial charge in [-0.3, -0.25) is 9.88 Å². The number of aromatic hydroxyl groups is 1. The van der Waals surface area contributed by atoms with Crippen molar-refractivity contribution in [2.24, 2.45) is 11.3 Å². The van der Waals surface area contributed by atoms with E-state index >= 15 is 0 Å². The van der Waals surface area contributed by atoms with Crippen molar-refractivity contribution in [2.75, 3.05) is 26.2 Å². The number of phenolic OH excluding ortho intramolecular Hbond substituents is 1. The molecule has 1 unspecified atom stereocenters. The molecular weight excluding hydrogens is 520 g/mol. The van der Waals surface area contributed by atoms with E-state index in [4.69, 9.17) is 4.98 Å². The number of benzene rings is 1. The number of pyridine rings is 1. The molecule has 0 saturated carbocycles. The molecule has 6 atom stereocenters. The van der Waals surface area contributed by atoms with E-state index in [-0.39, 0.29) is 17.2 Å². The van der Waals surface area contributed by atoms with Crippen LogP contribution in [0.1, 0.15) is 69.9 Å². The molecule has 2 saturated heterocycles. The monoisotopic (exact) mass is 564 g/mol. The maximum absolute atomic E-state index is 13.1. The molecule has 1 aromatic carbocycles. The smallest absolute Gasteiger partial charge is 0.139 e. The highest BCUT2D eigenvalue weighted by molar-refractivity contribution is 6.11. The van der Waals surface area contributed by atoms with E-state index in [9.17, 15) is 10.2 Å². The van der Waals surface area contributed by atoms with Crippen LogP contribution in [0.3, 0.4) is 0 Å². The minimum absolute atomic E-state index is 0.0494. The number of nitrogens with one attached hydrogen (secondary N) is 1. The van der Waals surface area contributed by atoms with Gasteiger partial charge in [-0.05, 0) is 114 Å². The lowest BCUT2D eigenvalue weighted by atomic mass is 9.54. The van der Waals surface area contributed by atoms with Crippen molar-refractivity contribution in [2.45, 2.75) is 81.9 Å². The number of nitrogens with zero attached hydrogens (tertiary/aromatic N) is 3. The molecule has 0 radical (unpaired) electrons. The molecule has 6 nitrogen and oxygen atoms in total. The van der Waals surface area contributed by atoms with E-state index in [2.05, 4.69) is 57.3 Å². The zero-order valence-electron chi connectivity index (χ0n) is 24.6. The van der Waals surface area contributed by atoms with E-state index < -0.39 is 5.60 Å². The van der Waals surface area contributed by atoms with Gasteiger partial charge in [-0.2, -0.15) is 0 Å². The van der Waals surface area contributed by atoms with Gasteiger partial charge in [0, 0.05) is 35.0 Å². The second-order valence-electron chi connectivity index (χ2n) is 13.7. The van der Waals surface area contributed by atoms with Crippen molar-refractivity contribution in [1.29, 1.82) is 0 Å². The van der Waals surface area contributed by atoms with Gasteiger partial charge in [0.25, 0.3) is 0 Å². The molecule has 220 valence electrons. The third-order valence-corrected chi connectivity index (χ3v) is 11.3.